The molecule has 2 aromatic rings. The standard InChI is InChI=1S/C22H23NO2/c1-13(2)16-10-11-20-19(12-16)17-4-3-5-18(17)21(23-20)14-6-8-15(9-7-14)22(24)25/h3-4,6-13,17-18,21,23H,5H2,1-2H3,(H,24,25)/t17-,18+,21?/m1/s1. The SMILES string of the molecule is CC(C)c1ccc2c(c1)[C@@H]1C=CC[C@@H]1C(c1ccc(C(=O)O)cc1)N2. The minimum absolute atomic E-state index is 0.209. The average Bonchev–Trinajstić information content (AvgIpc) is 3.10. The van der Waals surface area contributed by atoms with Gasteiger partial charge in [0.15, 0.2) is 0 Å². The van der Waals surface area contributed by atoms with Gasteiger partial charge in [-0.2, -0.15) is 0 Å². The Bertz CT molecular complexity index is 836. The van der Waals surface area contributed by atoms with Gasteiger partial charge < -0.3 is 10.4 Å². The predicted octanol–water partition coefficient (Wildman–Crippen LogP) is 5.33. The monoisotopic (exact) mass is 333 g/mol. The van der Waals surface area contributed by atoms with Gasteiger partial charge in [-0.25, -0.2) is 4.79 Å². The van der Waals surface area contributed by atoms with Crippen molar-refractivity contribution in [3.63, 3.8) is 0 Å². The van der Waals surface area contributed by atoms with E-state index in [9.17, 15) is 4.79 Å². The molecule has 25 heavy (non-hydrogen) atoms. The third-order valence-electron chi connectivity index (χ3n) is 5.57. The molecule has 0 aromatic heterocycles. The van der Waals surface area contributed by atoms with Crippen LogP contribution in [0.25, 0.3) is 0 Å². The summed E-state index contributed by atoms with van der Waals surface area (Å²) < 4.78 is 0. The van der Waals surface area contributed by atoms with Crippen molar-refractivity contribution in [2.24, 2.45) is 5.92 Å². The van der Waals surface area contributed by atoms with Gasteiger partial charge >= 0.3 is 5.97 Å². The maximum Gasteiger partial charge on any atom is 0.335 e. The molecule has 3 atom stereocenters. The molecule has 3 nitrogen and oxygen atoms in total. The molecule has 4 rings (SSSR count). The summed E-state index contributed by atoms with van der Waals surface area (Å²) in [4.78, 5) is 11.1. The van der Waals surface area contributed by atoms with Gasteiger partial charge in [-0.05, 0) is 53.1 Å². The van der Waals surface area contributed by atoms with E-state index in [4.69, 9.17) is 5.11 Å². The molecule has 0 bridgehead atoms. The van der Waals surface area contributed by atoms with Gasteiger partial charge in [0.25, 0.3) is 0 Å². The lowest BCUT2D eigenvalue weighted by atomic mass is 9.76. The number of hydrogen-bond donors (Lipinski definition) is 2. The Morgan fingerprint density at radius 1 is 1.16 bits per heavy atom. The van der Waals surface area contributed by atoms with Crippen LogP contribution in [0, 0.1) is 5.92 Å². The van der Waals surface area contributed by atoms with E-state index in [2.05, 4.69) is 49.5 Å². The van der Waals surface area contributed by atoms with Crippen molar-refractivity contribution in [3.8, 4) is 0 Å². The van der Waals surface area contributed by atoms with E-state index in [1.807, 2.05) is 12.1 Å². The molecule has 0 saturated heterocycles. The Kier molecular flexibility index (Phi) is 3.87. The van der Waals surface area contributed by atoms with Crippen LogP contribution in [-0.2, 0) is 0 Å². The van der Waals surface area contributed by atoms with Crippen LogP contribution in [-0.4, -0.2) is 11.1 Å². The molecule has 0 saturated carbocycles. The van der Waals surface area contributed by atoms with E-state index in [0.29, 0.717) is 23.3 Å². The highest BCUT2D eigenvalue weighted by molar-refractivity contribution is 5.87. The van der Waals surface area contributed by atoms with Crippen molar-refractivity contribution in [2.75, 3.05) is 5.32 Å². The van der Waals surface area contributed by atoms with Crippen LogP contribution in [0.5, 0.6) is 0 Å². The Balaban J connectivity index is 1.71. The zero-order chi connectivity index (χ0) is 17.6. The molecule has 0 radical (unpaired) electrons. The van der Waals surface area contributed by atoms with E-state index in [1.165, 1.54) is 16.8 Å². The van der Waals surface area contributed by atoms with Crippen LogP contribution >= 0.6 is 0 Å². The summed E-state index contributed by atoms with van der Waals surface area (Å²) >= 11 is 0. The third-order valence-corrected chi connectivity index (χ3v) is 5.57. The number of benzene rings is 2. The van der Waals surface area contributed by atoms with E-state index in [1.54, 1.807) is 12.1 Å². The minimum atomic E-state index is -0.880. The molecule has 1 heterocycles. The summed E-state index contributed by atoms with van der Waals surface area (Å²) in [6, 6.07) is 14.3. The number of hydrogen-bond acceptors (Lipinski definition) is 2. The van der Waals surface area contributed by atoms with Gasteiger partial charge in [0, 0.05) is 11.6 Å². The fraction of sp³-hybridized carbons (Fsp3) is 0.318. The fourth-order valence-corrected chi connectivity index (χ4v) is 4.14. The number of carboxylic acid groups (broad SMARTS) is 1. The highest BCUT2D eigenvalue weighted by Crippen LogP contribution is 2.50. The number of nitrogens with one attached hydrogen (secondary N) is 1. The molecule has 1 unspecified atom stereocenters. The third kappa shape index (κ3) is 2.74. The van der Waals surface area contributed by atoms with E-state index in [-0.39, 0.29) is 6.04 Å². The lowest BCUT2D eigenvalue weighted by Gasteiger charge is -2.38. The maximum atomic E-state index is 11.1. The van der Waals surface area contributed by atoms with Crippen LogP contribution in [0.3, 0.4) is 0 Å². The van der Waals surface area contributed by atoms with Crippen LogP contribution in [0.15, 0.2) is 54.6 Å². The second-order valence-electron chi connectivity index (χ2n) is 7.40. The molecular weight excluding hydrogens is 310 g/mol. The van der Waals surface area contributed by atoms with Crippen molar-refractivity contribution in [1.29, 1.82) is 0 Å². The smallest absolute Gasteiger partial charge is 0.335 e. The second-order valence-corrected chi connectivity index (χ2v) is 7.40. The average molecular weight is 333 g/mol. The summed E-state index contributed by atoms with van der Waals surface area (Å²) in [7, 11) is 0. The molecule has 0 amide bonds. The summed E-state index contributed by atoms with van der Waals surface area (Å²) in [5.41, 5.74) is 5.46. The van der Waals surface area contributed by atoms with Crippen molar-refractivity contribution in [1.82, 2.24) is 0 Å². The van der Waals surface area contributed by atoms with E-state index < -0.39 is 5.97 Å². The quantitative estimate of drug-likeness (QED) is 0.746. The summed E-state index contributed by atoms with van der Waals surface area (Å²) in [5, 5.41) is 12.8. The number of carbonyl (C=O) groups is 1. The molecule has 2 aliphatic rings. The molecular formula is C22H23NO2. The van der Waals surface area contributed by atoms with E-state index in [0.717, 1.165) is 12.0 Å². The Labute approximate surface area is 148 Å². The molecule has 2 N–H and O–H groups in total. The summed E-state index contributed by atoms with van der Waals surface area (Å²) in [6.07, 6.45) is 5.67. The van der Waals surface area contributed by atoms with Gasteiger partial charge in [0.05, 0.1) is 11.6 Å². The molecule has 0 spiro atoms. The molecule has 2 aromatic carbocycles. The number of carboxylic acids is 1. The highest BCUT2D eigenvalue weighted by atomic mass is 16.4. The lowest BCUT2D eigenvalue weighted by Crippen LogP contribution is -2.29. The zero-order valence-corrected chi connectivity index (χ0v) is 14.6. The molecule has 1 aliphatic carbocycles. The van der Waals surface area contributed by atoms with E-state index >= 15 is 0 Å². The van der Waals surface area contributed by atoms with Gasteiger partial charge in [0.2, 0.25) is 0 Å². The van der Waals surface area contributed by atoms with Crippen LogP contribution in [0.4, 0.5) is 5.69 Å². The van der Waals surface area contributed by atoms with Crippen molar-refractivity contribution in [3.05, 3.63) is 76.9 Å². The first-order valence-corrected chi connectivity index (χ1v) is 8.95. The van der Waals surface area contributed by atoms with Gasteiger partial charge in [0.1, 0.15) is 0 Å². The highest BCUT2D eigenvalue weighted by Gasteiger charge is 2.37. The normalized spacial score (nSPS) is 23.9. The van der Waals surface area contributed by atoms with Crippen molar-refractivity contribution < 1.29 is 9.90 Å². The topological polar surface area (TPSA) is 49.3 Å². The fourth-order valence-electron chi connectivity index (χ4n) is 4.14. The number of fused-ring (bicyclic) bond motifs is 3. The van der Waals surface area contributed by atoms with Crippen LogP contribution < -0.4 is 5.32 Å². The Morgan fingerprint density at radius 2 is 1.92 bits per heavy atom. The number of aromatic carboxylic acids is 1. The minimum Gasteiger partial charge on any atom is -0.478 e. The molecule has 128 valence electrons. The maximum absolute atomic E-state index is 11.1. The first kappa shape index (κ1) is 15.9. The predicted molar refractivity (Wildman–Crippen MR) is 100 cm³/mol. The van der Waals surface area contributed by atoms with Crippen molar-refractivity contribution >= 4 is 11.7 Å². The molecule has 1 aliphatic heterocycles. The summed E-state index contributed by atoms with van der Waals surface area (Å²) in [6.45, 7) is 4.46. The van der Waals surface area contributed by atoms with Crippen LogP contribution in [0.1, 0.15) is 65.2 Å². The molecule has 0 fully saturated rings. The Hall–Kier alpha value is -2.55. The van der Waals surface area contributed by atoms with Crippen molar-refractivity contribution in [2.45, 2.75) is 38.1 Å². The summed E-state index contributed by atoms with van der Waals surface area (Å²) in [5.74, 6) is 0.551. The van der Waals surface area contributed by atoms with Gasteiger partial charge in [-0.1, -0.05) is 50.3 Å². The van der Waals surface area contributed by atoms with Crippen LogP contribution in [0.2, 0.25) is 0 Å². The number of anilines is 1. The number of rotatable bonds is 3. The second kappa shape index (κ2) is 6.07. The zero-order valence-electron chi connectivity index (χ0n) is 14.6. The Morgan fingerprint density at radius 3 is 2.60 bits per heavy atom. The first-order valence-electron chi connectivity index (χ1n) is 8.95. The lowest BCUT2D eigenvalue weighted by molar-refractivity contribution is 0.0697. The number of allylic oxidation sites excluding steroid dienone is 2. The van der Waals surface area contributed by atoms with Gasteiger partial charge in [-0.15, -0.1) is 0 Å². The first-order chi connectivity index (χ1) is 12.0. The van der Waals surface area contributed by atoms with Gasteiger partial charge in [-0.3, -0.25) is 0 Å². The molecule has 3 heteroatoms. The largest absolute Gasteiger partial charge is 0.478 e.